The molecular weight excluding hydrogens is 452 g/mol. The van der Waals surface area contributed by atoms with Crippen LogP contribution in [0.15, 0.2) is 12.3 Å². The highest BCUT2D eigenvalue weighted by atomic mass is 32.3. The summed E-state index contributed by atoms with van der Waals surface area (Å²) >= 11 is 0. The van der Waals surface area contributed by atoms with E-state index < -0.39 is 46.1 Å². The number of hydroxylamine groups is 3. The first-order chi connectivity index (χ1) is 14.8. The van der Waals surface area contributed by atoms with Crippen LogP contribution >= 0.6 is 0 Å². The third-order valence-corrected chi connectivity index (χ3v) is 4.61. The van der Waals surface area contributed by atoms with Gasteiger partial charge < -0.3 is 14.4 Å². The maximum atomic E-state index is 12.3. The molecule has 182 valence electrons. The fraction of sp³-hybridized carbons (Fsp3) is 0.706. The molecule has 4 amide bonds. The van der Waals surface area contributed by atoms with Gasteiger partial charge in [0.25, 0.3) is 5.91 Å². The molecule has 0 aromatic heterocycles. The van der Waals surface area contributed by atoms with E-state index in [0.717, 1.165) is 4.90 Å². The van der Waals surface area contributed by atoms with Gasteiger partial charge in [-0.25, -0.2) is 15.1 Å². The first-order valence-corrected chi connectivity index (χ1v) is 11.1. The molecule has 0 spiro atoms. The van der Waals surface area contributed by atoms with E-state index in [2.05, 4.69) is 21.7 Å². The van der Waals surface area contributed by atoms with Crippen LogP contribution in [-0.2, 0) is 33.8 Å². The molecule has 0 aromatic carbocycles. The fourth-order valence-corrected chi connectivity index (χ4v) is 3.46. The summed E-state index contributed by atoms with van der Waals surface area (Å²) in [6, 6.07) is -2.32. The zero-order valence-corrected chi connectivity index (χ0v) is 18.8. The molecule has 0 radical (unpaired) electrons. The Labute approximate surface area is 185 Å². The van der Waals surface area contributed by atoms with E-state index in [1.165, 1.54) is 0 Å². The van der Waals surface area contributed by atoms with Crippen LogP contribution in [0.3, 0.4) is 0 Å². The maximum absolute atomic E-state index is 12.3. The highest BCUT2D eigenvalue weighted by molar-refractivity contribution is 7.80. The van der Waals surface area contributed by atoms with Gasteiger partial charge in [0, 0.05) is 12.2 Å². The van der Waals surface area contributed by atoms with Crippen molar-refractivity contribution < 1.29 is 45.9 Å². The molecule has 2 aliphatic rings. The molecule has 3 N–H and O–H groups in total. The van der Waals surface area contributed by atoms with Crippen molar-refractivity contribution in [3.8, 4) is 0 Å². The third-order valence-electron chi connectivity index (χ3n) is 4.26. The van der Waals surface area contributed by atoms with Crippen molar-refractivity contribution in [3.05, 3.63) is 12.3 Å². The Kier molecular flexibility index (Phi) is 8.41. The van der Waals surface area contributed by atoms with E-state index in [1.807, 2.05) is 0 Å². The van der Waals surface area contributed by atoms with E-state index in [4.69, 9.17) is 18.9 Å². The molecule has 14 nitrogen and oxygen atoms in total. The standard InChI is InChI=1S/C17H28N4O10S/c1-11(18-15(23)30-17(2,3)4)10-28-7-8-29-19-14(22)13-6-5-12-9-20(13)16(24)21(12)31-32(25,26)27/h12-13H,1,5-10H2,2-4H3,(H,18,23)(H,19,22)(H,25,26,27)/t12-,13+/m1/s1. The van der Waals surface area contributed by atoms with E-state index in [-0.39, 0.29) is 38.5 Å². The van der Waals surface area contributed by atoms with Crippen molar-refractivity contribution >= 4 is 28.4 Å². The number of alkyl carbamates (subject to hydrolysis) is 1. The first kappa shape index (κ1) is 25.8. The number of amides is 4. The lowest BCUT2D eigenvalue weighted by Crippen LogP contribution is -2.49. The quantitative estimate of drug-likeness (QED) is 0.221. The molecule has 2 heterocycles. The minimum atomic E-state index is -4.86. The lowest BCUT2D eigenvalue weighted by molar-refractivity contribution is -0.140. The molecule has 15 heteroatoms. The molecule has 2 bridgehead atoms. The highest BCUT2D eigenvalue weighted by Gasteiger charge is 2.49. The second-order valence-electron chi connectivity index (χ2n) is 8.11. The molecule has 2 atom stereocenters. The molecule has 32 heavy (non-hydrogen) atoms. The van der Waals surface area contributed by atoms with Crippen LogP contribution in [0.4, 0.5) is 9.59 Å². The van der Waals surface area contributed by atoms with Gasteiger partial charge in [-0.2, -0.15) is 13.5 Å². The normalized spacial score (nSPS) is 20.8. The predicted molar refractivity (Wildman–Crippen MR) is 107 cm³/mol. The van der Waals surface area contributed by atoms with Crippen LogP contribution in [0, 0.1) is 0 Å². The Balaban J connectivity index is 1.65. The fourth-order valence-electron chi connectivity index (χ4n) is 3.07. The van der Waals surface area contributed by atoms with Gasteiger partial charge in [0.2, 0.25) is 0 Å². The van der Waals surface area contributed by atoms with Crippen molar-refractivity contribution in [2.75, 3.05) is 26.4 Å². The second-order valence-corrected chi connectivity index (χ2v) is 9.11. The van der Waals surface area contributed by atoms with Gasteiger partial charge in [-0.15, -0.1) is 4.28 Å². The lowest BCUT2D eigenvalue weighted by atomic mass is 10.0. The Morgan fingerprint density at radius 1 is 1.25 bits per heavy atom. The van der Waals surface area contributed by atoms with Crippen molar-refractivity contribution in [2.24, 2.45) is 0 Å². The minimum absolute atomic E-state index is 0.00639. The summed E-state index contributed by atoms with van der Waals surface area (Å²) in [5.41, 5.74) is 1.85. The molecule has 0 aromatic rings. The molecule has 0 unspecified atom stereocenters. The SMILES string of the molecule is C=C(COCCONC(=O)[C@@H]1CC[C@@H]2CN1C(=O)N2OS(=O)(=O)O)NC(=O)OC(C)(C)C. The van der Waals surface area contributed by atoms with Crippen molar-refractivity contribution in [2.45, 2.75) is 51.3 Å². The minimum Gasteiger partial charge on any atom is -0.444 e. The maximum Gasteiger partial charge on any atom is 0.418 e. The summed E-state index contributed by atoms with van der Waals surface area (Å²) < 4.78 is 45.2. The topological polar surface area (TPSA) is 173 Å². The zero-order valence-electron chi connectivity index (χ0n) is 18.0. The molecule has 2 rings (SSSR count). The van der Waals surface area contributed by atoms with Gasteiger partial charge in [-0.1, -0.05) is 6.58 Å². The van der Waals surface area contributed by atoms with Gasteiger partial charge in [0.15, 0.2) is 0 Å². The van der Waals surface area contributed by atoms with Crippen LogP contribution in [0.2, 0.25) is 0 Å². The van der Waals surface area contributed by atoms with E-state index >= 15 is 0 Å². The predicted octanol–water partition coefficient (Wildman–Crippen LogP) is 0.0922. The van der Waals surface area contributed by atoms with Gasteiger partial charge >= 0.3 is 22.5 Å². The van der Waals surface area contributed by atoms with Crippen molar-refractivity contribution in [1.82, 2.24) is 20.8 Å². The second kappa shape index (κ2) is 10.4. The molecule has 2 saturated heterocycles. The van der Waals surface area contributed by atoms with Crippen molar-refractivity contribution in [1.29, 1.82) is 0 Å². The number of ether oxygens (including phenoxy) is 2. The van der Waals surface area contributed by atoms with Crippen molar-refractivity contribution in [3.63, 3.8) is 0 Å². The van der Waals surface area contributed by atoms with Crippen LogP contribution in [0.5, 0.6) is 0 Å². The number of urea groups is 1. The summed E-state index contributed by atoms with van der Waals surface area (Å²) in [7, 11) is -4.86. The summed E-state index contributed by atoms with van der Waals surface area (Å²) in [6.07, 6.45) is -0.101. The number of piperidine rings is 1. The first-order valence-electron chi connectivity index (χ1n) is 9.71. The van der Waals surface area contributed by atoms with E-state index in [0.29, 0.717) is 11.5 Å². The summed E-state index contributed by atoms with van der Waals surface area (Å²) in [4.78, 5) is 42.4. The van der Waals surface area contributed by atoms with Gasteiger partial charge in [-0.05, 0) is 33.6 Å². The number of nitrogens with one attached hydrogen (secondary N) is 2. The summed E-state index contributed by atoms with van der Waals surface area (Å²) in [5.74, 6) is -0.596. The number of hydrogen-bond donors (Lipinski definition) is 3. The molecular formula is C17H28N4O10S. The molecule has 2 fully saturated rings. The molecule has 2 aliphatic heterocycles. The summed E-state index contributed by atoms with van der Waals surface area (Å²) in [5, 5.41) is 2.98. The highest BCUT2D eigenvalue weighted by Crippen LogP contribution is 2.30. The number of carbonyl (C=O) groups excluding carboxylic acids is 3. The number of nitrogens with zero attached hydrogens (tertiary/aromatic N) is 2. The van der Waals surface area contributed by atoms with Crippen LogP contribution < -0.4 is 10.8 Å². The Morgan fingerprint density at radius 2 is 1.94 bits per heavy atom. The van der Waals surface area contributed by atoms with Gasteiger partial charge in [0.1, 0.15) is 11.6 Å². The van der Waals surface area contributed by atoms with Crippen LogP contribution in [0.1, 0.15) is 33.6 Å². The number of carbonyl (C=O) groups is 3. The molecule has 0 aliphatic carbocycles. The van der Waals surface area contributed by atoms with Crippen LogP contribution in [-0.4, -0.2) is 85.0 Å². The monoisotopic (exact) mass is 480 g/mol. The summed E-state index contributed by atoms with van der Waals surface area (Å²) in [6.45, 7) is 8.95. The Bertz CT molecular complexity index is 841. The third kappa shape index (κ3) is 7.90. The smallest absolute Gasteiger partial charge is 0.418 e. The Morgan fingerprint density at radius 3 is 2.56 bits per heavy atom. The zero-order chi connectivity index (χ0) is 24.1. The number of hydrogen-bond acceptors (Lipinski definition) is 9. The average molecular weight is 480 g/mol. The van der Waals surface area contributed by atoms with Gasteiger partial charge in [0.05, 0.1) is 25.9 Å². The Hall–Kier alpha value is -2.46. The average Bonchev–Trinajstić information content (AvgIpc) is 2.86. The number of rotatable bonds is 10. The van der Waals surface area contributed by atoms with E-state index in [9.17, 15) is 22.8 Å². The van der Waals surface area contributed by atoms with E-state index in [1.54, 1.807) is 20.8 Å². The lowest BCUT2D eigenvalue weighted by Gasteiger charge is -2.28. The molecule has 0 saturated carbocycles. The largest absolute Gasteiger partial charge is 0.444 e. The van der Waals surface area contributed by atoms with Crippen LogP contribution in [0.25, 0.3) is 0 Å². The number of fused-ring (bicyclic) bond motifs is 2. The van der Waals surface area contributed by atoms with Gasteiger partial charge in [-0.3, -0.25) is 19.5 Å².